The van der Waals surface area contributed by atoms with E-state index in [4.69, 9.17) is 16.6 Å². The van der Waals surface area contributed by atoms with Crippen LogP contribution in [0.15, 0.2) is 46.5 Å². The van der Waals surface area contributed by atoms with Crippen LogP contribution in [0.2, 0.25) is 0 Å². The molecule has 1 aromatic carbocycles. The number of nitrogens with one attached hydrogen (secondary N) is 1. The second-order valence-electron chi connectivity index (χ2n) is 5.49. The number of hydrogen-bond acceptors (Lipinski definition) is 4. The molecule has 0 radical (unpaired) electrons. The molecule has 4 nitrogen and oxygen atoms in total. The fourth-order valence-corrected chi connectivity index (χ4v) is 3.36. The molecule has 1 saturated heterocycles. The fourth-order valence-electron chi connectivity index (χ4n) is 2.62. The molecule has 0 saturated carbocycles. The maximum atomic E-state index is 12.8. The average Bonchev–Trinajstić information content (AvgIpc) is 3.18. The SMILES string of the molecule is CCc1ccccc1N1C(=O)/C(=C/c2ccc(CSC(F)F)o2)NC1=S. The minimum absolute atomic E-state index is 0.0661. The number of carbonyl (C=O) groups excluding carboxylic acids is 1. The van der Waals surface area contributed by atoms with Gasteiger partial charge in [0.15, 0.2) is 5.11 Å². The molecule has 1 aliphatic heterocycles. The molecule has 1 fully saturated rings. The number of hydrogen-bond donors (Lipinski definition) is 1. The molecule has 0 unspecified atom stereocenters. The van der Waals surface area contributed by atoms with Crippen molar-refractivity contribution in [1.82, 2.24) is 5.32 Å². The van der Waals surface area contributed by atoms with Crippen molar-refractivity contribution in [3.63, 3.8) is 0 Å². The summed E-state index contributed by atoms with van der Waals surface area (Å²) in [6.45, 7) is 2.01. The van der Waals surface area contributed by atoms with Crippen LogP contribution in [0.4, 0.5) is 14.5 Å². The first-order valence-electron chi connectivity index (χ1n) is 7.93. The van der Waals surface area contributed by atoms with E-state index in [1.165, 1.54) is 11.0 Å². The average molecular weight is 394 g/mol. The Kier molecular flexibility index (Phi) is 5.73. The number of amides is 1. The van der Waals surface area contributed by atoms with Crippen LogP contribution in [0.25, 0.3) is 6.08 Å². The highest BCUT2D eigenvalue weighted by molar-refractivity contribution is 7.98. The van der Waals surface area contributed by atoms with E-state index in [0.29, 0.717) is 28.4 Å². The Morgan fingerprint density at radius 1 is 1.31 bits per heavy atom. The molecule has 26 heavy (non-hydrogen) atoms. The molecule has 1 aromatic heterocycles. The zero-order valence-electron chi connectivity index (χ0n) is 13.9. The number of benzene rings is 1. The van der Waals surface area contributed by atoms with Gasteiger partial charge in [0.25, 0.3) is 11.7 Å². The van der Waals surface area contributed by atoms with Gasteiger partial charge in [0.05, 0.1) is 11.4 Å². The molecule has 1 N–H and O–H groups in total. The quantitative estimate of drug-likeness (QED) is 0.575. The molecular formula is C18H16F2N2O2S2. The van der Waals surface area contributed by atoms with Crippen molar-refractivity contribution in [2.75, 3.05) is 4.90 Å². The summed E-state index contributed by atoms with van der Waals surface area (Å²) < 4.78 is 30.0. The number of thiocarbonyl (C=S) groups is 1. The molecule has 8 heteroatoms. The number of aryl methyl sites for hydroxylation is 1. The van der Waals surface area contributed by atoms with Crippen molar-refractivity contribution in [3.8, 4) is 0 Å². The van der Waals surface area contributed by atoms with Crippen molar-refractivity contribution in [2.45, 2.75) is 24.9 Å². The number of para-hydroxylation sites is 1. The Hall–Kier alpha value is -2.19. The molecule has 0 spiro atoms. The molecule has 136 valence electrons. The van der Waals surface area contributed by atoms with E-state index >= 15 is 0 Å². The summed E-state index contributed by atoms with van der Waals surface area (Å²) in [5.41, 5.74) is 2.04. The summed E-state index contributed by atoms with van der Waals surface area (Å²) in [5, 5.41) is 3.19. The number of thioether (sulfide) groups is 1. The minimum Gasteiger partial charge on any atom is -0.461 e. The summed E-state index contributed by atoms with van der Waals surface area (Å²) in [7, 11) is 0. The van der Waals surface area contributed by atoms with E-state index < -0.39 is 5.76 Å². The largest absolute Gasteiger partial charge is 0.461 e. The lowest BCUT2D eigenvalue weighted by atomic mass is 10.1. The number of carbonyl (C=O) groups is 1. The third kappa shape index (κ3) is 3.96. The molecule has 0 aliphatic carbocycles. The molecule has 3 rings (SSSR count). The fraction of sp³-hybridized carbons (Fsp3) is 0.222. The number of rotatable bonds is 6. The van der Waals surface area contributed by atoms with Gasteiger partial charge in [0.1, 0.15) is 17.2 Å². The third-order valence-electron chi connectivity index (χ3n) is 3.81. The number of alkyl halides is 2. The topological polar surface area (TPSA) is 45.5 Å². The Bertz CT molecular complexity index is 864. The number of halogens is 2. The maximum Gasteiger partial charge on any atom is 0.284 e. The third-order valence-corrected chi connectivity index (χ3v) is 4.80. The van der Waals surface area contributed by atoms with Gasteiger partial charge in [0, 0.05) is 6.08 Å². The van der Waals surface area contributed by atoms with Crippen LogP contribution in [-0.2, 0) is 17.0 Å². The van der Waals surface area contributed by atoms with Crippen LogP contribution < -0.4 is 10.2 Å². The molecular weight excluding hydrogens is 378 g/mol. The van der Waals surface area contributed by atoms with Gasteiger partial charge in [-0.25, -0.2) is 0 Å². The highest BCUT2D eigenvalue weighted by Crippen LogP contribution is 2.27. The van der Waals surface area contributed by atoms with Gasteiger partial charge in [-0.3, -0.25) is 9.69 Å². The molecule has 2 aromatic rings. The lowest BCUT2D eigenvalue weighted by Crippen LogP contribution is -2.31. The highest BCUT2D eigenvalue weighted by Gasteiger charge is 2.33. The van der Waals surface area contributed by atoms with Gasteiger partial charge in [-0.1, -0.05) is 36.9 Å². The minimum atomic E-state index is -2.45. The van der Waals surface area contributed by atoms with Gasteiger partial charge in [-0.2, -0.15) is 8.78 Å². The molecule has 2 heterocycles. The number of anilines is 1. The molecule has 1 aliphatic rings. The molecule has 0 atom stereocenters. The Morgan fingerprint density at radius 3 is 2.81 bits per heavy atom. The van der Waals surface area contributed by atoms with Crippen LogP contribution in [0, 0.1) is 0 Å². The lowest BCUT2D eigenvalue weighted by molar-refractivity contribution is -0.113. The second kappa shape index (κ2) is 8.01. The van der Waals surface area contributed by atoms with E-state index in [9.17, 15) is 13.6 Å². The monoisotopic (exact) mass is 394 g/mol. The van der Waals surface area contributed by atoms with Crippen LogP contribution in [0.5, 0.6) is 0 Å². The summed E-state index contributed by atoms with van der Waals surface area (Å²) in [6.07, 6.45) is 2.30. The predicted molar refractivity (Wildman–Crippen MR) is 103 cm³/mol. The summed E-state index contributed by atoms with van der Waals surface area (Å²) >= 11 is 5.80. The van der Waals surface area contributed by atoms with Crippen molar-refractivity contribution < 1.29 is 18.0 Å². The smallest absolute Gasteiger partial charge is 0.284 e. The van der Waals surface area contributed by atoms with E-state index in [1.54, 1.807) is 12.1 Å². The van der Waals surface area contributed by atoms with E-state index in [-0.39, 0.29) is 17.4 Å². The van der Waals surface area contributed by atoms with Gasteiger partial charge in [0.2, 0.25) is 0 Å². The first-order chi connectivity index (χ1) is 12.5. The Balaban J connectivity index is 1.81. The number of furan rings is 1. The van der Waals surface area contributed by atoms with Crippen molar-refractivity contribution >= 4 is 46.8 Å². The van der Waals surface area contributed by atoms with Crippen molar-refractivity contribution in [2.24, 2.45) is 0 Å². The Morgan fingerprint density at radius 2 is 2.08 bits per heavy atom. The lowest BCUT2D eigenvalue weighted by Gasteiger charge is -2.17. The first kappa shape index (κ1) is 18.6. The molecule has 0 bridgehead atoms. The van der Waals surface area contributed by atoms with Crippen LogP contribution in [0.1, 0.15) is 24.0 Å². The highest BCUT2D eigenvalue weighted by atomic mass is 32.2. The summed E-state index contributed by atoms with van der Waals surface area (Å²) in [5.74, 6) is -1.85. The van der Waals surface area contributed by atoms with Crippen LogP contribution in [-0.4, -0.2) is 16.8 Å². The van der Waals surface area contributed by atoms with Gasteiger partial charge < -0.3 is 9.73 Å². The zero-order valence-corrected chi connectivity index (χ0v) is 15.5. The summed E-state index contributed by atoms with van der Waals surface area (Å²) in [6, 6.07) is 10.8. The zero-order chi connectivity index (χ0) is 18.7. The predicted octanol–water partition coefficient (Wildman–Crippen LogP) is 4.56. The van der Waals surface area contributed by atoms with E-state index in [2.05, 4.69) is 5.32 Å². The van der Waals surface area contributed by atoms with Crippen molar-refractivity contribution in [3.05, 3.63) is 59.2 Å². The maximum absolute atomic E-state index is 12.8. The normalized spacial score (nSPS) is 16.0. The van der Waals surface area contributed by atoms with Gasteiger partial charge >= 0.3 is 0 Å². The van der Waals surface area contributed by atoms with Gasteiger partial charge in [-0.05, 0) is 42.4 Å². The van der Waals surface area contributed by atoms with Gasteiger partial charge in [-0.15, -0.1) is 0 Å². The van der Waals surface area contributed by atoms with Crippen LogP contribution >= 0.6 is 24.0 Å². The second-order valence-corrected chi connectivity index (χ2v) is 6.85. The first-order valence-corrected chi connectivity index (χ1v) is 9.38. The summed E-state index contributed by atoms with van der Waals surface area (Å²) in [4.78, 5) is 14.2. The number of nitrogens with zero attached hydrogens (tertiary/aromatic N) is 1. The van der Waals surface area contributed by atoms with Crippen molar-refractivity contribution in [1.29, 1.82) is 0 Å². The standard InChI is InChI=1S/C18H16F2N2O2S2/c1-2-11-5-3-4-6-15(11)22-16(23)14(21-18(22)25)9-12-7-8-13(24-12)10-26-17(19)20/h3-9,17H,2,10H2,1H3,(H,21,25)/b14-9-. The molecule has 1 amide bonds. The van der Waals surface area contributed by atoms with E-state index in [1.807, 2.05) is 31.2 Å². The Labute approximate surface area is 159 Å². The van der Waals surface area contributed by atoms with Crippen LogP contribution in [0.3, 0.4) is 0 Å². The van der Waals surface area contributed by atoms with E-state index in [0.717, 1.165) is 17.7 Å².